The lowest BCUT2D eigenvalue weighted by Crippen LogP contribution is -2.05. The third kappa shape index (κ3) is 2.94. The highest BCUT2D eigenvalue weighted by Gasteiger charge is 2.23. The molecule has 3 aromatic rings. The van der Waals surface area contributed by atoms with Crippen molar-refractivity contribution in [3.05, 3.63) is 88.6 Å². The molecule has 0 saturated carbocycles. The summed E-state index contributed by atoms with van der Waals surface area (Å²) >= 11 is 0. The number of rotatable bonds is 3. The van der Waals surface area contributed by atoms with Gasteiger partial charge in [0.25, 0.3) is 0 Å². The maximum atomic E-state index is 12.5. The van der Waals surface area contributed by atoms with Crippen molar-refractivity contribution in [2.24, 2.45) is 0 Å². The first-order valence-electron chi connectivity index (χ1n) is 9.76. The highest BCUT2D eigenvalue weighted by molar-refractivity contribution is 6.15. The van der Waals surface area contributed by atoms with Gasteiger partial charge in [0, 0.05) is 22.6 Å². The number of ether oxygens (including phenoxy) is 2. The quantitative estimate of drug-likeness (QED) is 0.223. The largest absolute Gasteiger partial charge is 0.496 e. The van der Waals surface area contributed by atoms with Gasteiger partial charge in [0.2, 0.25) is 0 Å². The van der Waals surface area contributed by atoms with E-state index in [1.807, 2.05) is 42.5 Å². The molecule has 0 N–H and O–H groups in total. The maximum Gasteiger partial charge on any atom is 0.338 e. The molecular weight excluding hydrogens is 392 g/mol. The highest BCUT2D eigenvalue weighted by Crippen LogP contribution is 2.44. The average Bonchev–Trinajstić information content (AvgIpc) is 2.81. The fourth-order valence-corrected chi connectivity index (χ4v) is 4.11. The Morgan fingerprint density at radius 1 is 0.871 bits per heavy atom. The van der Waals surface area contributed by atoms with Gasteiger partial charge in [0.1, 0.15) is 17.1 Å². The molecular formula is C26H18O5. The second-order valence-corrected chi connectivity index (χ2v) is 7.17. The van der Waals surface area contributed by atoms with Crippen LogP contribution in [0.25, 0.3) is 44.2 Å². The molecule has 0 fully saturated rings. The maximum absolute atomic E-state index is 12.5. The van der Waals surface area contributed by atoms with E-state index in [0.29, 0.717) is 28.2 Å². The third-order valence-corrected chi connectivity index (χ3v) is 5.49. The van der Waals surface area contributed by atoms with Crippen LogP contribution in [0, 0.1) is 0 Å². The Bertz CT molecular complexity index is 1500. The van der Waals surface area contributed by atoms with E-state index in [9.17, 15) is 9.59 Å². The number of benzene rings is 4. The summed E-state index contributed by atoms with van der Waals surface area (Å²) in [7, 11) is 2.97. The van der Waals surface area contributed by atoms with Crippen molar-refractivity contribution in [1.82, 2.24) is 0 Å². The predicted molar refractivity (Wildman–Crippen MR) is 120 cm³/mol. The van der Waals surface area contributed by atoms with E-state index in [4.69, 9.17) is 13.9 Å². The topological polar surface area (TPSA) is 65.7 Å². The van der Waals surface area contributed by atoms with Gasteiger partial charge in [-0.2, -0.15) is 0 Å². The number of carbonyl (C=O) groups excluding carboxylic acids is 1. The van der Waals surface area contributed by atoms with Crippen LogP contribution in [0.5, 0.6) is 5.75 Å². The Labute approximate surface area is 177 Å². The summed E-state index contributed by atoms with van der Waals surface area (Å²) in [6.45, 7) is 0. The van der Waals surface area contributed by atoms with Crippen LogP contribution in [0.2, 0.25) is 0 Å². The molecule has 5 nitrogen and oxygen atoms in total. The van der Waals surface area contributed by atoms with Crippen LogP contribution in [0.4, 0.5) is 0 Å². The van der Waals surface area contributed by atoms with Crippen LogP contribution in [-0.4, -0.2) is 20.2 Å². The van der Waals surface area contributed by atoms with Crippen molar-refractivity contribution < 1.29 is 18.7 Å². The minimum Gasteiger partial charge on any atom is -0.496 e. The molecule has 1 heterocycles. The fourth-order valence-electron chi connectivity index (χ4n) is 4.11. The standard InChI is InChI=1S/C26H18O5/c1-29-21-9-5-6-15-10-12-20-24(17-7-3-4-8-18(17)26(28)30-2)19-13-11-16(27)14-22(19)31-25(20)23(15)21/h3-14H,1-2H3. The molecule has 1 aliphatic heterocycles. The Balaban J connectivity index is 2.03. The normalized spacial score (nSPS) is 11.2. The molecule has 0 radical (unpaired) electrons. The number of hydrogen-bond acceptors (Lipinski definition) is 5. The van der Waals surface area contributed by atoms with Gasteiger partial charge in [-0.15, -0.1) is 0 Å². The molecule has 0 atom stereocenters. The van der Waals surface area contributed by atoms with Gasteiger partial charge in [-0.25, -0.2) is 4.79 Å². The van der Waals surface area contributed by atoms with Gasteiger partial charge in [0.15, 0.2) is 5.43 Å². The molecule has 152 valence electrons. The molecule has 5 heteroatoms. The van der Waals surface area contributed by atoms with Gasteiger partial charge in [0.05, 0.1) is 25.2 Å². The Morgan fingerprint density at radius 2 is 1.71 bits per heavy atom. The van der Waals surface area contributed by atoms with Crippen molar-refractivity contribution in [3.63, 3.8) is 0 Å². The molecule has 0 aromatic heterocycles. The molecule has 1 aliphatic carbocycles. The van der Waals surface area contributed by atoms with E-state index < -0.39 is 5.97 Å². The van der Waals surface area contributed by atoms with E-state index >= 15 is 0 Å². The number of esters is 1. The predicted octanol–water partition coefficient (Wildman–Crippen LogP) is 5.51. The lowest BCUT2D eigenvalue weighted by atomic mass is 9.90. The van der Waals surface area contributed by atoms with Crippen LogP contribution in [0.3, 0.4) is 0 Å². The fraction of sp³-hybridized carbons (Fsp3) is 0.0769. The van der Waals surface area contributed by atoms with Gasteiger partial charge < -0.3 is 13.9 Å². The van der Waals surface area contributed by atoms with Crippen LogP contribution in [-0.2, 0) is 4.74 Å². The molecule has 3 aromatic carbocycles. The highest BCUT2D eigenvalue weighted by atomic mass is 16.5. The molecule has 31 heavy (non-hydrogen) atoms. The van der Waals surface area contributed by atoms with Crippen LogP contribution >= 0.6 is 0 Å². The SMILES string of the molecule is COC(=O)c1ccccc1-c1c2ccc(=O)cc-2oc2c1ccc1cccc(OC)c12. The molecule has 0 spiro atoms. The molecule has 0 saturated heterocycles. The number of carbonyl (C=O) groups is 1. The average molecular weight is 410 g/mol. The second-order valence-electron chi connectivity index (χ2n) is 7.17. The van der Waals surface area contributed by atoms with Crippen LogP contribution < -0.4 is 10.2 Å². The first-order valence-corrected chi connectivity index (χ1v) is 9.76. The summed E-state index contributed by atoms with van der Waals surface area (Å²) < 4.78 is 16.9. The molecule has 2 aliphatic rings. The van der Waals surface area contributed by atoms with Crippen LogP contribution in [0.1, 0.15) is 10.4 Å². The zero-order chi connectivity index (χ0) is 21.5. The van der Waals surface area contributed by atoms with E-state index in [2.05, 4.69) is 0 Å². The smallest absolute Gasteiger partial charge is 0.338 e. The number of methoxy groups -OCH3 is 2. The van der Waals surface area contributed by atoms with Crippen molar-refractivity contribution in [3.8, 4) is 28.2 Å². The number of fused-ring (bicyclic) bond motifs is 4. The number of hydrogen-bond donors (Lipinski definition) is 0. The van der Waals surface area contributed by atoms with E-state index in [1.165, 1.54) is 19.2 Å². The second kappa shape index (κ2) is 7.29. The molecule has 0 amide bonds. The lowest BCUT2D eigenvalue weighted by Gasteiger charge is -2.18. The molecule has 5 rings (SSSR count). The molecule has 0 unspecified atom stereocenters. The monoisotopic (exact) mass is 410 g/mol. The Morgan fingerprint density at radius 3 is 2.52 bits per heavy atom. The summed E-state index contributed by atoms with van der Waals surface area (Å²) in [5.41, 5.74) is 3.10. The zero-order valence-corrected chi connectivity index (χ0v) is 17.0. The third-order valence-electron chi connectivity index (χ3n) is 5.49. The Kier molecular flexibility index (Phi) is 4.44. The molecule has 0 bridgehead atoms. The van der Waals surface area contributed by atoms with Gasteiger partial charge in [-0.05, 0) is 41.3 Å². The van der Waals surface area contributed by atoms with Gasteiger partial charge in [-0.1, -0.05) is 36.4 Å². The van der Waals surface area contributed by atoms with Crippen LogP contribution in [0.15, 0.2) is 82.0 Å². The Hall–Kier alpha value is -4.12. The summed E-state index contributed by atoms with van der Waals surface area (Å²) in [5.74, 6) is 0.668. The summed E-state index contributed by atoms with van der Waals surface area (Å²) in [6, 6.07) is 21.7. The van der Waals surface area contributed by atoms with Crippen molar-refractivity contribution in [1.29, 1.82) is 0 Å². The first kappa shape index (κ1) is 18.9. The first-order chi connectivity index (χ1) is 15.1. The summed E-state index contributed by atoms with van der Waals surface area (Å²) in [5, 5.41) is 2.55. The van der Waals surface area contributed by atoms with Crippen molar-refractivity contribution in [2.75, 3.05) is 14.2 Å². The van der Waals surface area contributed by atoms with E-state index in [0.717, 1.165) is 27.3 Å². The summed E-state index contributed by atoms with van der Waals surface area (Å²) in [6.07, 6.45) is 0. The lowest BCUT2D eigenvalue weighted by molar-refractivity contribution is 0.0601. The van der Waals surface area contributed by atoms with Crippen molar-refractivity contribution >= 4 is 27.7 Å². The minimum atomic E-state index is -0.434. The minimum absolute atomic E-state index is 0.157. The van der Waals surface area contributed by atoms with Gasteiger partial charge >= 0.3 is 5.97 Å². The van der Waals surface area contributed by atoms with E-state index in [1.54, 1.807) is 25.3 Å². The zero-order valence-electron chi connectivity index (χ0n) is 17.0. The van der Waals surface area contributed by atoms with E-state index in [-0.39, 0.29) is 5.43 Å². The van der Waals surface area contributed by atoms with Gasteiger partial charge in [-0.3, -0.25) is 4.79 Å². The summed E-state index contributed by atoms with van der Waals surface area (Å²) in [4.78, 5) is 24.6. The van der Waals surface area contributed by atoms with Crippen molar-refractivity contribution in [2.45, 2.75) is 0 Å².